The number of halogens is 1. The first-order valence-corrected chi connectivity index (χ1v) is 4.78. The minimum atomic E-state index is -0.150. The molecule has 0 fully saturated rings. The van der Waals surface area contributed by atoms with E-state index >= 15 is 0 Å². The fourth-order valence-corrected chi connectivity index (χ4v) is 1.26. The normalized spacial score (nSPS) is 11.9. The van der Waals surface area contributed by atoms with Crippen molar-refractivity contribution in [3.05, 3.63) is 41.2 Å². The van der Waals surface area contributed by atoms with E-state index in [0.29, 0.717) is 12.1 Å². The highest BCUT2D eigenvalue weighted by atomic mass is 19.1. The number of hydrogen-bond donors (Lipinski definition) is 1. The summed E-state index contributed by atoms with van der Waals surface area (Å²) in [5.74, 6) is -0.150. The molecule has 1 nitrogen and oxygen atoms in total. The molecule has 0 heterocycles. The average molecular weight is 193 g/mol. The topological polar surface area (TPSA) is 26.0 Å². The Bertz CT molecular complexity index is 342. The molecule has 0 bridgehead atoms. The highest BCUT2D eigenvalue weighted by Gasteiger charge is 2.00. The Morgan fingerprint density at radius 3 is 2.79 bits per heavy atom. The summed E-state index contributed by atoms with van der Waals surface area (Å²) in [4.78, 5) is 0. The van der Waals surface area contributed by atoms with Gasteiger partial charge in [0.25, 0.3) is 0 Å². The third kappa shape index (κ3) is 2.67. The fourth-order valence-electron chi connectivity index (χ4n) is 1.26. The first-order chi connectivity index (χ1) is 6.65. The smallest absolute Gasteiger partial charge is 0.126 e. The maximum atomic E-state index is 13.2. The van der Waals surface area contributed by atoms with E-state index in [9.17, 15) is 4.39 Å². The van der Waals surface area contributed by atoms with Crippen LogP contribution in [0.15, 0.2) is 24.3 Å². The third-order valence-corrected chi connectivity index (χ3v) is 2.24. The van der Waals surface area contributed by atoms with Crippen LogP contribution in [-0.4, -0.2) is 6.54 Å². The number of allylic oxidation sites excluding steroid dienone is 1. The molecule has 0 saturated carbocycles. The fraction of sp³-hybridized carbons (Fsp3) is 0.333. The molecule has 0 unspecified atom stereocenters. The van der Waals surface area contributed by atoms with Gasteiger partial charge in [-0.1, -0.05) is 18.2 Å². The molecule has 0 radical (unpaired) electrons. The molecule has 76 valence electrons. The van der Waals surface area contributed by atoms with Crippen LogP contribution >= 0.6 is 0 Å². The van der Waals surface area contributed by atoms with Crippen molar-refractivity contribution in [2.75, 3.05) is 6.54 Å². The molecular formula is C12H16FN. The van der Waals surface area contributed by atoms with E-state index < -0.39 is 0 Å². The predicted octanol–water partition coefficient (Wildman–Crippen LogP) is 2.89. The van der Waals surface area contributed by atoms with Gasteiger partial charge in [-0.3, -0.25) is 0 Å². The molecule has 0 amide bonds. The van der Waals surface area contributed by atoms with Gasteiger partial charge in [-0.25, -0.2) is 4.39 Å². The van der Waals surface area contributed by atoms with E-state index in [4.69, 9.17) is 5.73 Å². The largest absolute Gasteiger partial charge is 0.330 e. The Balaban J connectivity index is 2.91. The lowest BCUT2D eigenvalue weighted by Gasteiger charge is -2.03. The maximum absolute atomic E-state index is 13.2. The van der Waals surface area contributed by atoms with Crippen molar-refractivity contribution in [1.29, 1.82) is 0 Å². The maximum Gasteiger partial charge on any atom is 0.126 e. The highest BCUT2D eigenvalue weighted by molar-refractivity contribution is 5.63. The second kappa shape index (κ2) is 4.91. The summed E-state index contributed by atoms with van der Waals surface area (Å²) in [6.07, 6.45) is 2.87. The van der Waals surface area contributed by atoms with Crippen LogP contribution in [0.5, 0.6) is 0 Å². The van der Waals surface area contributed by atoms with Crippen molar-refractivity contribution in [3.63, 3.8) is 0 Å². The molecule has 0 aliphatic heterocycles. The number of aryl methyl sites for hydroxylation is 1. The van der Waals surface area contributed by atoms with Crippen molar-refractivity contribution in [2.45, 2.75) is 20.3 Å². The lowest BCUT2D eigenvalue weighted by molar-refractivity contribution is 0.618. The van der Waals surface area contributed by atoms with Gasteiger partial charge in [-0.05, 0) is 49.6 Å². The van der Waals surface area contributed by atoms with Gasteiger partial charge in [-0.15, -0.1) is 0 Å². The zero-order valence-corrected chi connectivity index (χ0v) is 8.68. The van der Waals surface area contributed by atoms with Gasteiger partial charge < -0.3 is 5.73 Å². The Hall–Kier alpha value is -1.15. The molecular weight excluding hydrogens is 177 g/mol. The summed E-state index contributed by atoms with van der Waals surface area (Å²) in [6, 6.07) is 5.29. The van der Waals surface area contributed by atoms with Crippen molar-refractivity contribution in [2.24, 2.45) is 5.73 Å². The van der Waals surface area contributed by atoms with Crippen LogP contribution in [-0.2, 0) is 0 Å². The number of benzene rings is 1. The van der Waals surface area contributed by atoms with E-state index in [1.165, 1.54) is 0 Å². The van der Waals surface area contributed by atoms with Crippen LogP contribution in [0.2, 0.25) is 0 Å². The molecule has 1 aromatic carbocycles. The molecule has 0 saturated heterocycles. The SMILES string of the molecule is C/C(=C/CCN)c1ccc(C)c(F)c1. The summed E-state index contributed by atoms with van der Waals surface area (Å²) in [5, 5.41) is 0. The summed E-state index contributed by atoms with van der Waals surface area (Å²) < 4.78 is 13.2. The van der Waals surface area contributed by atoms with E-state index in [-0.39, 0.29) is 5.82 Å². The Morgan fingerprint density at radius 2 is 2.21 bits per heavy atom. The van der Waals surface area contributed by atoms with Gasteiger partial charge >= 0.3 is 0 Å². The minimum Gasteiger partial charge on any atom is -0.330 e. The van der Waals surface area contributed by atoms with Crippen LogP contribution in [0.3, 0.4) is 0 Å². The molecule has 1 rings (SSSR count). The van der Waals surface area contributed by atoms with Gasteiger partial charge in [0.1, 0.15) is 5.82 Å². The number of rotatable bonds is 3. The molecule has 2 heteroatoms. The Labute approximate surface area is 84.4 Å². The van der Waals surface area contributed by atoms with Crippen LogP contribution in [0.4, 0.5) is 4.39 Å². The lowest BCUT2D eigenvalue weighted by Crippen LogP contribution is -1.96. The lowest BCUT2D eigenvalue weighted by atomic mass is 10.0. The van der Waals surface area contributed by atoms with Crippen molar-refractivity contribution < 1.29 is 4.39 Å². The number of hydrogen-bond acceptors (Lipinski definition) is 1. The minimum absolute atomic E-state index is 0.150. The second-order valence-electron chi connectivity index (χ2n) is 3.43. The third-order valence-electron chi connectivity index (χ3n) is 2.24. The van der Waals surface area contributed by atoms with E-state index in [2.05, 4.69) is 0 Å². The zero-order valence-electron chi connectivity index (χ0n) is 8.68. The molecule has 0 aliphatic carbocycles. The zero-order chi connectivity index (χ0) is 10.6. The van der Waals surface area contributed by atoms with E-state index in [1.807, 2.05) is 19.1 Å². The quantitative estimate of drug-likeness (QED) is 0.784. The van der Waals surface area contributed by atoms with Crippen molar-refractivity contribution in [3.8, 4) is 0 Å². The molecule has 0 aromatic heterocycles. The van der Waals surface area contributed by atoms with Crippen molar-refractivity contribution in [1.82, 2.24) is 0 Å². The van der Waals surface area contributed by atoms with Gasteiger partial charge in [0.05, 0.1) is 0 Å². The van der Waals surface area contributed by atoms with Crippen molar-refractivity contribution >= 4 is 5.57 Å². The standard InChI is InChI=1S/C12H16FN/c1-9(4-3-7-14)11-6-5-10(2)12(13)8-11/h4-6,8H,3,7,14H2,1-2H3/b9-4-. The van der Waals surface area contributed by atoms with Gasteiger partial charge in [0.2, 0.25) is 0 Å². The van der Waals surface area contributed by atoms with E-state index in [1.54, 1.807) is 19.1 Å². The van der Waals surface area contributed by atoms with E-state index in [0.717, 1.165) is 17.6 Å². The molecule has 0 spiro atoms. The van der Waals surface area contributed by atoms with Gasteiger partial charge in [0.15, 0.2) is 0 Å². The first-order valence-electron chi connectivity index (χ1n) is 4.78. The molecule has 14 heavy (non-hydrogen) atoms. The second-order valence-corrected chi connectivity index (χ2v) is 3.43. The first kappa shape index (κ1) is 10.9. The predicted molar refractivity (Wildman–Crippen MR) is 58.5 cm³/mol. The Kier molecular flexibility index (Phi) is 3.84. The van der Waals surface area contributed by atoms with Gasteiger partial charge in [0, 0.05) is 0 Å². The number of nitrogens with two attached hydrogens (primary N) is 1. The van der Waals surface area contributed by atoms with Gasteiger partial charge in [-0.2, -0.15) is 0 Å². The summed E-state index contributed by atoms with van der Waals surface area (Å²) in [6.45, 7) is 4.36. The molecule has 2 N–H and O–H groups in total. The molecule has 0 atom stereocenters. The monoisotopic (exact) mass is 193 g/mol. The van der Waals surface area contributed by atoms with Crippen LogP contribution in [0.25, 0.3) is 5.57 Å². The van der Waals surface area contributed by atoms with Crippen LogP contribution < -0.4 is 5.73 Å². The Morgan fingerprint density at radius 1 is 1.50 bits per heavy atom. The van der Waals surface area contributed by atoms with Crippen LogP contribution in [0.1, 0.15) is 24.5 Å². The average Bonchev–Trinajstić information content (AvgIpc) is 2.18. The van der Waals surface area contributed by atoms with Crippen LogP contribution in [0, 0.1) is 12.7 Å². The summed E-state index contributed by atoms with van der Waals surface area (Å²) in [5.41, 5.74) is 8.08. The summed E-state index contributed by atoms with van der Waals surface area (Å²) in [7, 11) is 0. The molecule has 0 aliphatic rings. The summed E-state index contributed by atoms with van der Waals surface area (Å²) >= 11 is 0. The highest BCUT2D eigenvalue weighted by Crippen LogP contribution is 2.17. The molecule has 1 aromatic rings.